The van der Waals surface area contributed by atoms with Gasteiger partial charge in [-0.2, -0.15) is 0 Å². The van der Waals surface area contributed by atoms with Crippen molar-refractivity contribution in [1.82, 2.24) is 24.8 Å². The Hall–Kier alpha value is -2.90. The predicted molar refractivity (Wildman–Crippen MR) is 90.2 cm³/mol. The van der Waals surface area contributed by atoms with Crippen LogP contribution < -0.4 is 4.90 Å². The molecule has 3 aromatic heterocycles. The molecule has 4 heterocycles. The number of carbonyl (C=O) groups excluding carboxylic acids is 1. The van der Waals surface area contributed by atoms with E-state index in [-0.39, 0.29) is 11.4 Å². The second kappa shape index (κ2) is 5.30. The molecule has 2 aliphatic rings. The van der Waals surface area contributed by atoms with Gasteiger partial charge < -0.3 is 19.2 Å². The third-order valence-electron chi connectivity index (χ3n) is 5.22. The van der Waals surface area contributed by atoms with E-state index in [1.54, 1.807) is 6.33 Å². The monoisotopic (exact) mass is 338 g/mol. The van der Waals surface area contributed by atoms with Crippen molar-refractivity contribution in [2.75, 3.05) is 24.5 Å². The van der Waals surface area contributed by atoms with Gasteiger partial charge in [-0.3, -0.25) is 4.79 Å². The van der Waals surface area contributed by atoms with Crippen LogP contribution in [0.2, 0.25) is 0 Å². The molecule has 128 valence electrons. The lowest BCUT2D eigenvalue weighted by atomic mass is 10.2. The van der Waals surface area contributed by atoms with Crippen LogP contribution in [0.1, 0.15) is 29.8 Å². The van der Waals surface area contributed by atoms with Crippen molar-refractivity contribution in [3.05, 3.63) is 36.9 Å². The van der Waals surface area contributed by atoms with E-state index in [0.717, 1.165) is 55.7 Å². The SMILES string of the molecule is O=C(c1cnco1)N1CCCN(c2ncnc3[nH]ccc23)CC12CC2. The number of carbonyl (C=O) groups is 1. The average Bonchev–Trinajstić information content (AvgIpc) is 3.05. The highest BCUT2D eigenvalue weighted by Crippen LogP contribution is 2.45. The van der Waals surface area contributed by atoms with E-state index in [0.29, 0.717) is 5.76 Å². The molecule has 0 radical (unpaired) electrons. The number of fused-ring (bicyclic) bond motifs is 1. The van der Waals surface area contributed by atoms with Crippen LogP contribution in [0.5, 0.6) is 0 Å². The number of oxazole rings is 1. The number of aromatic nitrogens is 4. The zero-order valence-corrected chi connectivity index (χ0v) is 13.7. The number of anilines is 1. The molecule has 1 amide bonds. The van der Waals surface area contributed by atoms with E-state index in [9.17, 15) is 4.79 Å². The van der Waals surface area contributed by atoms with Crippen molar-refractivity contribution < 1.29 is 9.21 Å². The van der Waals surface area contributed by atoms with Crippen molar-refractivity contribution in [3.8, 4) is 0 Å². The molecule has 1 aliphatic carbocycles. The second-order valence-corrected chi connectivity index (χ2v) is 6.76. The van der Waals surface area contributed by atoms with Crippen LogP contribution in [0.4, 0.5) is 5.82 Å². The van der Waals surface area contributed by atoms with Gasteiger partial charge in [0, 0.05) is 25.8 Å². The molecular formula is C17H18N6O2. The van der Waals surface area contributed by atoms with Gasteiger partial charge in [0.1, 0.15) is 17.8 Å². The maximum atomic E-state index is 12.8. The van der Waals surface area contributed by atoms with Gasteiger partial charge in [-0.25, -0.2) is 15.0 Å². The van der Waals surface area contributed by atoms with Crippen molar-refractivity contribution in [2.45, 2.75) is 24.8 Å². The van der Waals surface area contributed by atoms with E-state index >= 15 is 0 Å². The summed E-state index contributed by atoms with van der Waals surface area (Å²) in [5.74, 6) is 1.19. The molecule has 5 rings (SSSR count). The van der Waals surface area contributed by atoms with Crippen LogP contribution in [0.3, 0.4) is 0 Å². The van der Waals surface area contributed by atoms with Gasteiger partial charge in [-0.15, -0.1) is 0 Å². The van der Waals surface area contributed by atoms with E-state index in [1.807, 2.05) is 17.2 Å². The Labute approximate surface area is 143 Å². The number of hydrogen-bond acceptors (Lipinski definition) is 6. The number of nitrogens with zero attached hydrogens (tertiary/aromatic N) is 5. The van der Waals surface area contributed by atoms with Crippen molar-refractivity contribution in [1.29, 1.82) is 0 Å². The first-order chi connectivity index (χ1) is 12.3. The Kier molecular flexibility index (Phi) is 3.06. The second-order valence-electron chi connectivity index (χ2n) is 6.76. The standard InChI is InChI=1S/C17H18N6O2/c24-16(13-8-18-11-25-13)23-7-1-6-22(9-17(23)3-4-17)15-12-2-5-19-14(12)20-10-21-15/h2,5,8,10-11H,1,3-4,6-7,9H2,(H,19,20,21). The first-order valence-electron chi connectivity index (χ1n) is 8.50. The van der Waals surface area contributed by atoms with Gasteiger partial charge in [0.05, 0.1) is 17.1 Å². The van der Waals surface area contributed by atoms with E-state index < -0.39 is 0 Å². The van der Waals surface area contributed by atoms with Gasteiger partial charge in [-0.1, -0.05) is 0 Å². The lowest BCUT2D eigenvalue weighted by Crippen LogP contribution is -2.46. The average molecular weight is 338 g/mol. The van der Waals surface area contributed by atoms with E-state index in [2.05, 4.69) is 24.8 Å². The molecule has 1 aliphatic heterocycles. The Balaban J connectivity index is 1.47. The largest absolute Gasteiger partial charge is 0.438 e. The zero-order chi connectivity index (χ0) is 16.9. The summed E-state index contributed by atoms with van der Waals surface area (Å²) in [4.78, 5) is 32.9. The van der Waals surface area contributed by atoms with Crippen LogP contribution in [0, 0.1) is 0 Å². The molecule has 0 unspecified atom stereocenters. The van der Waals surface area contributed by atoms with Gasteiger partial charge in [-0.05, 0) is 25.3 Å². The van der Waals surface area contributed by atoms with E-state index in [1.165, 1.54) is 12.6 Å². The normalized spacial score (nSPS) is 19.4. The number of aromatic amines is 1. The molecule has 0 atom stereocenters. The maximum Gasteiger partial charge on any atom is 0.291 e. The number of amides is 1. The van der Waals surface area contributed by atoms with Crippen LogP contribution >= 0.6 is 0 Å². The first kappa shape index (κ1) is 14.4. The molecule has 3 aromatic rings. The maximum absolute atomic E-state index is 12.8. The van der Waals surface area contributed by atoms with Crippen LogP contribution in [0.25, 0.3) is 11.0 Å². The molecule has 2 fully saturated rings. The lowest BCUT2D eigenvalue weighted by Gasteiger charge is -2.32. The molecule has 25 heavy (non-hydrogen) atoms. The minimum atomic E-state index is -0.131. The van der Waals surface area contributed by atoms with Gasteiger partial charge >= 0.3 is 0 Å². The highest BCUT2D eigenvalue weighted by atomic mass is 16.3. The quantitative estimate of drug-likeness (QED) is 0.766. The topological polar surface area (TPSA) is 91.2 Å². The highest BCUT2D eigenvalue weighted by molar-refractivity contribution is 5.92. The molecular weight excluding hydrogens is 320 g/mol. The zero-order valence-electron chi connectivity index (χ0n) is 13.7. The van der Waals surface area contributed by atoms with Gasteiger partial charge in [0.2, 0.25) is 5.76 Å². The van der Waals surface area contributed by atoms with Crippen molar-refractivity contribution in [2.24, 2.45) is 0 Å². The predicted octanol–water partition coefficient (Wildman–Crippen LogP) is 1.83. The van der Waals surface area contributed by atoms with Gasteiger partial charge in [0.15, 0.2) is 6.39 Å². The third-order valence-corrected chi connectivity index (χ3v) is 5.22. The number of hydrogen-bond donors (Lipinski definition) is 1. The summed E-state index contributed by atoms with van der Waals surface area (Å²) in [5, 5.41) is 1.02. The molecule has 8 heteroatoms. The Morgan fingerprint density at radius 2 is 2.20 bits per heavy atom. The molecule has 1 saturated heterocycles. The van der Waals surface area contributed by atoms with Crippen molar-refractivity contribution >= 4 is 22.8 Å². The van der Waals surface area contributed by atoms with E-state index in [4.69, 9.17) is 4.42 Å². The summed E-state index contributed by atoms with van der Waals surface area (Å²) in [7, 11) is 0. The summed E-state index contributed by atoms with van der Waals surface area (Å²) < 4.78 is 5.23. The molecule has 1 spiro atoms. The summed E-state index contributed by atoms with van der Waals surface area (Å²) in [6.07, 6.45) is 9.17. The molecule has 0 aromatic carbocycles. The van der Waals surface area contributed by atoms with Crippen LogP contribution in [-0.2, 0) is 0 Å². The third kappa shape index (κ3) is 2.28. The fraction of sp³-hybridized carbons (Fsp3) is 0.412. The molecule has 1 saturated carbocycles. The summed E-state index contributed by atoms with van der Waals surface area (Å²) in [6.45, 7) is 2.36. The molecule has 8 nitrogen and oxygen atoms in total. The van der Waals surface area contributed by atoms with Crippen LogP contribution in [-0.4, -0.2) is 55.9 Å². The summed E-state index contributed by atoms with van der Waals surface area (Å²) >= 11 is 0. The van der Waals surface area contributed by atoms with Crippen molar-refractivity contribution in [3.63, 3.8) is 0 Å². The van der Waals surface area contributed by atoms with Gasteiger partial charge in [0.25, 0.3) is 5.91 Å². The number of H-pyrrole nitrogens is 1. The minimum Gasteiger partial charge on any atom is -0.438 e. The fourth-order valence-corrected chi connectivity index (χ4v) is 3.81. The Bertz CT molecular complexity index is 914. The van der Waals surface area contributed by atoms with Crippen LogP contribution in [0.15, 0.2) is 35.6 Å². The summed E-state index contributed by atoms with van der Waals surface area (Å²) in [5.41, 5.74) is 0.710. The Morgan fingerprint density at radius 3 is 3.00 bits per heavy atom. The lowest BCUT2D eigenvalue weighted by molar-refractivity contribution is 0.0637. The first-order valence-corrected chi connectivity index (χ1v) is 8.50. The minimum absolute atomic E-state index is 0.0636. The number of nitrogens with one attached hydrogen (secondary N) is 1. The smallest absolute Gasteiger partial charge is 0.291 e. The Morgan fingerprint density at radius 1 is 1.28 bits per heavy atom. The number of rotatable bonds is 2. The molecule has 0 bridgehead atoms. The fourth-order valence-electron chi connectivity index (χ4n) is 3.81. The molecule has 1 N–H and O–H groups in total. The summed E-state index contributed by atoms with van der Waals surface area (Å²) in [6, 6.07) is 2.01. The highest BCUT2D eigenvalue weighted by Gasteiger charge is 2.52.